The second kappa shape index (κ2) is 4.96. The lowest BCUT2D eigenvalue weighted by Gasteiger charge is -2.10. The summed E-state index contributed by atoms with van der Waals surface area (Å²) in [6, 6.07) is 6.15. The highest BCUT2D eigenvalue weighted by molar-refractivity contribution is 9.10. The highest BCUT2D eigenvalue weighted by atomic mass is 79.9. The molecule has 0 fully saturated rings. The maximum atomic E-state index is 5.78. The number of nitrogens with two attached hydrogens (primary N) is 1. The predicted octanol–water partition coefficient (Wildman–Crippen LogP) is 1.30. The third kappa shape index (κ3) is 2.71. The summed E-state index contributed by atoms with van der Waals surface area (Å²) in [4.78, 5) is 0. The van der Waals surface area contributed by atoms with E-state index >= 15 is 0 Å². The van der Waals surface area contributed by atoms with Gasteiger partial charge < -0.3 is 15.8 Å². The van der Waals surface area contributed by atoms with Gasteiger partial charge in [0.2, 0.25) is 0 Å². The molecule has 0 saturated heterocycles. The molecule has 1 aromatic carbocycles. The van der Waals surface area contributed by atoms with E-state index in [9.17, 15) is 0 Å². The zero-order valence-electron chi connectivity index (χ0n) is 8.50. The van der Waals surface area contributed by atoms with Gasteiger partial charge in [-0.05, 0) is 23.8 Å². The van der Waals surface area contributed by atoms with Crippen molar-refractivity contribution >= 4 is 15.9 Å². The lowest BCUT2D eigenvalue weighted by molar-refractivity contribution is 0.228. The first-order valence-electron chi connectivity index (χ1n) is 5.15. The molecule has 0 radical (unpaired) electrons. The van der Waals surface area contributed by atoms with E-state index < -0.39 is 0 Å². The minimum atomic E-state index is 0.251. The van der Waals surface area contributed by atoms with Gasteiger partial charge in [0.15, 0.2) is 0 Å². The number of nitrogens with one attached hydrogen (secondary N) is 1. The fraction of sp³-hybridized carbons (Fsp3) is 0.455. The van der Waals surface area contributed by atoms with Gasteiger partial charge in [-0.1, -0.05) is 15.9 Å². The van der Waals surface area contributed by atoms with E-state index in [0.717, 1.165) is 29.7 Å². The number of hydrogen-bond acceptors (Lipinski definition) is 3. The zero-order valence-corrected chi connectivity index (χ0v) is 10.1. The van der Waals surface area contributed by atoms with Crippen LogP contribution in [0.5, 0.6) is 5.75 Å². The van der Waals surface area contributed by atoms with Crippen molar-refractivity contribution in [3.05, 3.63) is 28.2 Å². The molecular weight excluding hydrogens is 256 g/mol. The number of fused-ring (bicyclic) bond motifs is 1. The molecule has 3 nitrogen and oxygen atoms in total. The standard InChI is InChI=1S/C11H15BrN2O/c12-9-1-2-11-8(5-9)6-10(15-11)7-14-4-3-13/h1-2,5,10,14H,3-4,6-7,13H2. The summed E-state index contributed by atoms with van der Waals surface area (Å²) in [6.07, 6.45) is 1.23. The zero-order chi connectivity index (χ0) is 10.7. The van der Waals surface area contributed by atoms with Crippen LogP contribution in [-0.2, 0) is 6.42 Å². The van der Waals surface area contributed by atoms with Crippen LogP contribution in [0.2, 0.25) is 0 Å². The lowest BCUT2D eigenvalue weighted by atomic mass is 10.1. The molecule has 3 N–H and O–H groups in total. The van der Waals surface area contributed by atoms with Crippen molar-refractivity contribution in [1.29, 1.82) is 0 Å². The SMILES string of the molecule is NCCNCC1Cc2cc(Br)ccc2O1. The van der Waals surface area contributed by atoms with Gasteiger partial charge in [-0.2, -0.15) is 0 Å². The van der Waals surface area contributed by atoms with E-state index in [-0.39, 0.29) is 6.10 Å². The van der Waals surface area contributed by atoms with Crippen molar-refractivity contribution in [3.8, 4) is 5.75 Å². The molecule has 82 valence electrons. The van der Waals surface area contributed by atoms with E-state index in [2.05, 4.69) is 27.3 Å². The highest BCUT2D eigenvalue weighted by Gasteiger charge is 2.22. The van der Waals surface area contributed by atoms with Crippen molar-refractivity contribution in [2.75, 3.05) is 19.6 Å². The molecule has 0 aromatic heterocycles. The topological polar surface area (TPSA) is 47.3 Å². The van der Waals surface area contributed by atoms with E-state index in [1.54, 1.807) is 0 Å². The Morgan fingerprint density at radius 1 is 1.53 bits per heavy atom. The molecule has 0 spiro atoms. The van der Waals surface area contributed by atoms with Gasteiger partial charge in [0, 0.05) is 30.5 Å². The first kappa shape index (κ1) is 10.9. The van der Waals surface area contributed by atoms with Crippen LogP contribution in [0.25, 0.3) is 0 Å². The molecule has 1 aliphatic rings. The van der Waals surface area contributed by atoms with Crippen LogP contribution in [0.4, 0.5) is 0 Å². The van der Waals surface area contributed by atoms with Gasteiger partial charge in [0.25, 0.3) is 0 Å². The molecule has 0 aliphatic carbocycles. The van der Waals surface area contributed by atoms with Crippen LogP contribution >= 0.6 is 15.9 Å². The summed E-state index contributed by atoms with van der Waals surface area (Å²) < 4.78 is 6.90. The van der Waals surface area contributed by atoms with Gasteiger partial charge in [-0.25, -0.2) is 0 Å². The summed E-state index contributed by atoms with van der Waals surface area (Å²) in [7, 11) is 0. The van der Waals surface area contributed by atoms with E-state index in [1.165, 1.54) is 5.56 Å². The molecular formula is C11H15BrN2O. The molecule has 0 bridgehead atoms. The maximum absolute atomic E-state index is 5.78. The molecule has 0 amide bonds. The van der Waals surface area contributed by atoms with Crippen molar-refractivity contribution < 1.29 is 4.74 Å². The van der Waals surface area contributed by atoms with Gasteiger partial charge in [0.05, 0.1) is 0 Å². The quantitative estimate of drug-likeness (QED) is 0.811. The third-order valence-corrected chi connectivity index (χ3v) is 2.95. The van der Waals surface area contributed by atoms with E-state index in [1.807, 2.05) is 12.1 Å². The molecule has 0 saturated carbocycles. The Kier molecular flexibility index (Phi) is 3.61. The van der Waals surface area contributed by atoms with Crippen molar-refractivity contribution in [1.82, 2.24) is 5.32 Å². The first-order valence-corrected chi connectivity index (χ1v) is 5.95. The molecule has 15 heavy (non-hydrogen) atoms. The molecule has 2 rings (SSSR count). The molecule has 1 unspecified atom stereocenters. The second-order valence-electron chi connectivity index (χ2n) is 3.69. The van der Waals surface area contributed by atoms with Crippen molar-refractivity contribution in [2.24, 2.45) is 5.73 Å². The van der Waals surface area contributed by atoms with Gasteiger partial charge in [-0.3, -0.25) is 0 Å². The Morgan fingerprint density at radius 3 is 3.20 bits per heavy atom. The first-order chi connectivity index (χ1) is 7.29. The number of hydrogen-bond donors (Lipinski definition) is 2. The maximum Gasteiger partial charge on any atom is 0.123 e. The Bertz CT molecular complexity index is 343. The lowest BCUT2D eigenvalue weighted by Crippen LogP contribution is -2.33. The average Bonchev–Trinajstić information content (AvgIpc) is 2.60. The Hall–Kier alpha value is -0.580. The van der Waals surface area contributed by atoms with Gasteiger partial charge >= 0.3 is 0 Å². The molecule has 1 aliphatic heterocycles. The van der Waals surface area contributed by atoms with Gasteiger partial charge in [0.1, 0.15) is 11.9 Å². The van der Waals surface area contributed by atoms with Gasteiger partial charge in [-0.15, -0.1) is 0 Å². The molecule has 4 heteroatoms. The largest absolute Gasteiger partial charge is 0.488 e. The normalized spacial score (nSPS) is 18.7. The number of halogens is 1. The van der Waals surface area contributed by atoms with E-state index in [4.69, 9.17) is 10.5 Å². The molecule has 1 atom stereocenters. The molecule has 1 aromatic rings. The summed E-state index contributed by atoms with van der Waals surface area (Å²) in [6.45, 7) is 2.38. The minimum Gasteiger partial charge on any atom is -0.488 e. The molecule has 1 heterocycles. The highest BCUT2D eigenvalue weighted by Crippen LogP contribution is 2.30. The third-order valence-electron chi connectivity index (χ3n) is 2.46. The Labute approximate surface area is 98.1 Å². The number of benzene rings is 1. The monoisotopic (exact) mass is 270 g/mol. The van der Waals surface area contributed by atoms with Crippen molar-refractivity contribution in [2.45, 2.75) is 12.5 Å². The van der Waals surface area contributed by atoms with Crippen LogP contribution in [-0.4, -0.2) is 25.7 Å². The Balaban J connectivity index is 1.91. The van der Waals surface area contributed by atoms with Crippen LogP contribution in [0.3, 0.4) is 0 Å². The fourth-order valence-electron chi connectivity index (χ4n) is 1.77. The van der Waals surface area contributed by atoms with E-state index in [0.29, 0.717) is 6.54 Å². The summed E-state index contributed by atoms with van der Waals surface area (Å²) in [5.74, 6) is 1.01. The van der Waals surface area contributed by atoms with Crippen LogP contribution in [0, 0.1) is 0 Å². The van der Waals surface area contributed by atoms with Crippen LogP contribution in [0.1, 0.15) is 5.56 Å². The van der Waals surface area contributed by atoms with Crippen LogP contribution in [0.15, 0.2) is 22.7 Å². The fourth-order valence-corrected chi connectivity index (χ4v) is 2.18. The smallest absolute Gasteiger partial charge is 0.123 e. The summed E-state index contributed by atoms with van der Waals surface area (Å²) in [5.41, 5.74) is 6.69. The summed E-state index contributed by atoms with van der Waals surface area (Å²) >= 11 is 3.46. The Morgan fingerprint density at radius 2 is 2.40 bits per heavy atom. The average molecular weight is 271 g/mol. The minimum absolute atomic E-state index is 0.251. The van der Waals surface area contributed by atoms with Crippen molar-refractivity contribution in [3.63, 3.8) is 0 Å². The number of rotatable bonds is 4. The predicted molar refractivity (Wildman–Crippen MR) is 64.2 cm³/mol. The van der Waals surface area contributed by atoms with Crippen LogP contribution < -0.4 is 15.8 Å². The second-order valence-corrected chi connectivity index (χ2v) is 4.60. The number of ether oxygens (including phenoxy) is 1. The summed E-state index contributed by atoms with van der Waals surface area (Å²) in [5, 5.41) is 3.26.